The maximum atomic E-state index is 12.3. The summed E-state index contributed by atoms with van der Waals surface area (Å²) in [6.07, 6.45) is 0. The van der Waals surface area contributed by atoms with E-state index in [1.165, 1.54) is 0 Å². The van der Waals surface area contributed by atoms with E-state index in [1.54, 1.807) is 0 Å². The van der Waals surface area contributed by atoms with Crippen molar-refractivity contribution in [2.45, 2.75) is 13.2 Å². The van der Waals surface area contributed by atoms with Crippen LogP contribution in [0.1, 0.15) is 11.1 Å². The van der Waals surface area contributed by atoms with Crippen LogP contribution in [-0.2, 0) is 32.3 Å². The topological polar surface area (TPSA) is 64.6 Å². The summed E-state index contributed by atoms with van der Waals surface area (Å²) in [6.45, 7) is 1.28. The molecule has 1 fully saturated rings. The van der Waals surface area contributed by atoms with Crippen molar-refractivity contribution in [2.24, 2.45) is 11.8 Å². The first-order valence-corrected chi connectivity index (χ1v) is 8.36. The van der Waals surface area contributed by atoms with E-state index in [0.29, 0.717) is 13.1 Å². The fourth-order valence-corrected chi connectivity index (χ4v) is 2.85. The second-order valence-corrected chi connectivity index (χ2v) is 6.06. The summed E-state index contributed by atoms with van der Waals surface area (Å²) < 4.78 is 10.7. The van der Waals surface area contributed by atoms with Crippen molar-refractivity contribution in [3.8, 4) is 0 Å². The summed E-state index contributed by atoms with van der Waals surface area (Å²) in [5.74, 6) is -1.75. The largest absolute Gasteiger partial charge is 0.461 e. The van der Waals surface area contributed by atoms with Crippen LogP contribution in [0.5, 0.6) is 0 Å². The molecule has 5 heteroatoms. The van der Waals surface area contributed by atoms with Gasteiger partial charge in [0.2, 0.25) is 0 Å². The number of hydrogen-bond acceptors (Lipinski definition) is 5. The smallest absolute Gasteiger partial charge is 0.311 e. The molecule has 1 aliphatic heterocycles. The molecule has 130 valence electrons. The lowest BCUT2D eigenvalue weighted by Gasteiger charge is -2.16. The van der Waals surface area contributed by atoms with Gasteiger partial charge in [-0.05, 0) is 11.1 Å². The predicted molar refractivity (Wildman–Crippen MR) is 92.3 cm³/mol. The number of carbonyl (C=O) groups excluding carboxylic acids is 2. The third-order valence-electron chi connectivity index (χ3n) is 4.27. The molecule has 2 aromatic carbocycles. The highest BCUT2D eigenvalue weighted by Crippen LogP contribution is 2.21. The van der Waals surface area contributed by atoms with Crippen molar-refractivity contribution in [1.29, 1.82) is 0 Å². The van der Waals surface area contributed by atoms with E-state index in [-0.39, 0.29) is 25.2 Å². The van der Waals surface area contributed by atoms with Crippen LogP contribution in [0, 0.1) is 11.8 Å². The monoisotopic (exact) mass is 339 g/mol. The summed E-state index contributed by atoms with van der Waals surface area (Å²) in [7, 11) is 0. The molecular formula is C20H21NO4. The fraction of sp³-hybridized carbons (Fsp3) is 0.300. The van der Waals surface area contributed by atoms with Gasteiger partial charge >= 0.3 is 11.9 Å². The van der Waals surface area contributed by atoms with Gasteiger partial charge in [-0.15, -0.1) is 0 Å². The molecule has 1 heterocycles. The van der Waals surface area contributed by atoms with Gasteiger partial charge in [-0.25, -0.2) is 0 Å². The van der Waals surface area contributed by atoms with Gasteiger partial charge < -0.3 is 14.8 Å². The van der Waals surface area contributed by atoms with Crippen molar-refractivity contribution >= 4 is 11.9 Å². The maximum absolute atomic E-state index is 12.3. The molecular weight excluding hydrogens is 318 g/mol. The SMILES string of the molecule is O=C(OCc1ccccc1)[C@@H]1CNC[C@H]1C(=O)OCc1ccccc1. The van der Waals surface area contributed by atoms with Crippen LogP contribution in [0.25, 0.3) is 0 Å². The van der Waals surface area contributed by atoms with Crippen molar-refractivity contribution < 1.29 is 19.1 Å². The average molecular weight is 339 g/mol. The Bertz CT molecular complexity index is 641. The van der Waals surface area contributed by atoms with Crippen molar-refractivity contribution in [3.05, 3.63) is 71.8 Å². The summed E-state index contributed by atoms with van der Waals surface area (Å²) in [6, 6.07) is 19.0. The zero-order valence-corrected chi connectivity index (χ0v) is 13.9. The Balaban J connectivity index is 1.52. The van der Waals surface area contributed by atoms with Crippen LogP contribution in [0.2, 0.25) is 0 Å². The number of carbonyl (C=O) groups is 2. The molecule has 1 saturated heterocycles. The summed E-state index contributed by atoms with van der Waals surface area (Å²) in [5.41, 5.74) is 1.84. The number of esters is 2. The van der Waals surface area contributed by atoms with E-state index >= 15 is 0 Å². The normalized spacial score (nSPS) is 19.4. The Morgan fingerprint density at radius 1 is 0.760 bits per heavy atom. The summed E-state index contributed by atoms with van der Waals surface area (Å²) in [5, 5.41) is 3.08. The number of nitrogens with one attached hydrogen (secondary N) is 1. The molecule has 1 aliphatic rings. The first kappa shape index (κ1) is 17.2. The highest BCUT2D eigenvalue weighted by Gasteiger charge is 2.39. The quantitative estimate of drug-likeness (QED) is 0.818. The molecule has 0 saturated carbocycles. The van der Waals surface area contributed by atoms with Crippen LogP contribution < -0.4 is 5.32 Å². The first-order chi connectivity index (χ1) is 12.2. The first-order valence-electron chi connectivity index (χ1n) is 8.36. The second kappa shape index (κ2) is 8.44. The zero-order chi connectivity index (χ0) is 17.5. The predicted octanol–water partition coefficient (Wildman–Crippen LogP) is 2.31. The zero-order valence-electron chi connectivity index (χ0n) is 13.9. The summed E-state index contributed by atoms with van der Waals surface area (Å²) in [4.78, 5) is 24.7. The third-order valence-corrected chi connectivity index (χ3v) is 4.27. The van der Waals surface area contributed by atoms with Gasteiger partial charge in [0.1, 0.15) is 13.2 Å². The molecule has 3 rings (SSSR count). The van der Waals surface area contributed by atoms with Crippen LogP contribution >= 0.6 is 0 Å². The molecule has 5 nitrogen and oxygen atoms in total. The van der Waals surface area contributed by atoms with E-state index in [0.717, 1.165) is 11.1 Å². The van der Waals surface area contributed by atoms with E-state index in [4.69, 9.17) is 9.47 Å². The van der Waals surface area contributed by atoms with Gasteiger partial charge in [-0.2, -0.15) is 0 Å². The molecule has 0 aliphatic carbocycles. The molecule has 0 spiro atoms. The highest BCUT2D eigenvalue weighted by atomic mass is 16.5. The van der Waals surface area contributed by atoms with Crippen LogP contribution in [0.4, 0.5) is 0 Å². The lowest BCUT2D eigenvalue weighted by atomic mass is 9.96. The van der Waals surface area contributed by atoms with Gasteiger partial charge in [0.05, 0.1) is 11.8 Å². The Hall–Kier alpha value is -2.66. The van der Waals surface area contributed by atoms with Crippen LogP contribution in [-0.4, -0.2) is 25.0 Å². The van der Waals surface area contributed by atoms with Crippen LogP contribution in [0.15, 0.2) is 60.7 Å². The second-order valence-electron chi connectivity index (χ2n) is 6.06. The molecule has 0 aromatic heterocycles. The molecule has 25 heavy (non-hydrogen) atoms. The van der Waals surface area contributed by atoms with Gasteiger partial charge in [-0.3, -0.25) is 9.59 Å². The highest BCUT2D eigenvalue weighted by molar-refractivity contribution is 5.83. The molecule has 1 N–H and O–H groups in total. The van der Waals surface area contributed by atoms with Gasteiger partial charge in [0, 0.05) is 13.1 Å². The summed E-state index contributed by atoms with van der Waals surface area (Å²) >= 11 is 0. The minimum absolute atomic E-state index is 0.210. The van der Waals surface area contributed by atoms with E-state index < -0.39 is 11.8 Å². The average Bonchev–Trinajstić information content (AvgIpc) is 3.16. The van der Waals surface area contributed by atoms with Gasteiger partial charge in [0.25, 0.3) is 0 Å². The molecule has 0 amide bonds. The maximum Gasteiger partial charge on any atom is 0.311 e. The standard InChI is InChI=1S/C20H21NO4/c22-19(24-13-15-7-3-1-4-8-15)17-11-21-12-18(17)20(23)25-14-16-9-5-2-6-10-16/h1-10,17-18,21H,11-14H2/t17-,18-/m1/s1. The lowest BCUT2D eigenvalue weighted by Crippen LogP contribution is -2.31. The van der Waals surface area contributed by atoms with E-state index in [2.05, 4.69) is 5.32 Å². The number of benzene rings is 2. The molecule has 0 unspecified atom stereocenters. The van der Waals surface area contributed by atoms with Gasteiger partial charge in [-0.1, -0.05) is 60.7 Å². The minimum atomic E-state index is -0.507. The van der Waals surface area contributed by atoms with E-state index in [1.807, 2.05) is 60.7 Å². The van der Waals surface area contributed by atoms with Crippen molar-refractivity contribution in [3.63, 3.8) is 0 Å². The van der Waals surface area contributed by atoms with Crippen molar-refractivity contribution in [1.82, 2.24) is 5.32 Å². The Kier molecular flexibility index (Phi) is 5.80. The number of ether oxygens (including phenoxy) is 2. The fourth-order valence-electron chi connectivity index (χ4n) is 2.85. The Morgan fingerprint density at radius 3 is 1.56 bits per heavy atom. The number of hydrogen-bond donors (Lipinski definition) is 1. The molecule has 0 radical (unpaired) electrons. The van der Waals surface area contributed by atoms with Crippen molar-refractivity contribution in [2.75, 3.05) is 13.1 Å². The molecule has 0 bridgehead atoms. The minimum Gasteiger partial charge on any atom is -0.461 e. The Morgan fingerprint density at radius 2 is 1.16 bits per heavy atom. The number of rotatable bonds is 6. The van der Waals surface area contributed by atoms with E-state index in [9.17, 15) is 9.59 Å². The molecule has 2 atom stereocenters. The van der Waals surface area contributed by atoms with Gasteiger partial charge in [0.15, 0.2) is 0 Å². The third kappa shape index (κ3) is 4.67. The van der Waals surface area contributed by atoms with Crippen LogP contribution in [0.3, 0.4) is 0 Å². The molecule has 2 aromatic rings. The lowest BCUT2D eigenvalue weighted by molar-refractivity contribution is -0.160. The Labute approximate surface area is 147 Å².